The summed E-state index contributed by atoms with van der Waals surface area (Å²) in [5.41, 5.74) is 0.428. The third-order valence-corrected chi connectivity index (χ3v) is 2.65. The highest BCUT2D eigenvalue weighted by molar-refractivity contribution is 6.36. The number of carbonyl (C=O) groups is 1. The fraction of sp³-hybridized carbons (Fsp3) is 0.0714. The van der Waals surface area contributed by atoms with Crippen LogP contribution in [0.3, 0.4) is 0 Å². The van der Waals surface area contributed by atoms with E-state index in [1.807, 2.05) is 0 Å². The molecule has 0 saturated carbocycles. The molecule has 0 heterocycles. The van der Waals surface area contributed by atoms with Gasteiger partial charge in [0, 0.05) is 16.8 Å². The van der Waals surface area contributed by atoms with Crippen molar-refractivity contribution < 1.29 is 13.6 Å². The molecule has 0 aromatic heterocycles. The maximum absolute atomic E-state index is 12.8. The van der Waals surface area contributed by atoms with Crippen LogP contribution in [-0.4, -0.2) is 13.8 Å². The summed E-state index contributed by atoms with van der Waals surface area (Å²) >= 11 is 0. The van der Waals surface area contributed by atoms with Crippen molar-refractivity contribution in [2.45, 2.75) is 6.43 Å². The Morgan fingerprint density at radius 2 is 1.68 bits per heavy atom. The van der Waals surface area contributed by atoms with Gasteiger partial charge in [-0.15, -0.1) is 0 Å². The minimum absolute atomic E-state index is 0.0549. The van der Waals surface area contributed by atoms with Crippen molar-refractivity contribution >= 4 is 24.9 Å². The molecule has 5 heteroatoms. The molecule has 2 nitrogen and oxygen atoms in total. The van der Waals surface area contributed by atoms with Crippen molar-refractivity contribution in [2.24, 2.45) is 0 Å². The Balaban J connectivity index is 2.29. The summed E-state index contributed by atoms with van der Waals surface area (Å²) in [6, 6.07) is 12.2. The molecule has 0 atom stereocenters. The molecule has 0 aliphatic heterocycles. The zero-order valence-corrected chi connectivity index (χ0v) is 9.94. The monoisotopic (exact) mass is 257 g/mol. The average Bonchev–Trinajstić information content (AvgIpc) is 2.41. The van der Waals surface area contributed by atoms with Gasteiger partial charge in [0.15, 0.2) is 0 Å². The quantitative estimate of drug-likeness (QED) is 0.841. The van der Waals surface area contributed by atoms with Crippen molar-refractivity contribution in [1.82, 2.24) is 0 Å². The number of amides is 1. The SMILES string of the molecule is [B]c1ccccc1NC(=O)c1ccccc1C(F)F. The smallest absolute Gasteiger partial charge is 0.264 e. The summed E-state index contributed by atoms with van der Waals surface area (Å²) in [6.07, 6.45) is -2.70. The highest BCUT2D eigenvalue weighted by Crippen LogP contribution is 2.23. The largest absolute Gasteiger partial charge is 0.323 e. The first-order chi connectivity index (χ1) is 9.09. The molecule has 0 fully saturated rings. The lowest BCUT2D eigenvalue weighted by molar-refractivity contribution is 0.101. The predicted octanol–water partition coefficient (Wildman–Crippen LogP) is 2.67. The van der Waals surface area contributed by atoms with Gasteiger partial charge in [0.05, 0.1) is 0 Å². The number of nitrogens with one attached hydrogen (secondary N) is 1. The molecule has 0 saturated heterocycles. The van der Waals surface area contributed by atoms with E-state index in [1.165, 1.54) is 24.3 Å². The van der Waals surface area contributed by atoms with Gasteiger partial charge in [0.25, 0.3) is 12.3 Å². The number of benzene rings is 2. The van der Waals surface area contributed by atoms with Gasteiger partial charge in [-0.1, -0.05) is 41.9 Å². The van der Waals surface area contributed by atoms with Crippen LogP contribution in [0.5, 0.6) is 0 Å². The van der Waals surface area contributed by atoms with Crippen LogP contribution in [0, 0.1) is 0 Å². The van der Waals surface area contributed by atoms with Crippen LogP contribution in [0.2, 0.25) is 0 Å². The topological polar surface area (TPSA) is 29.1 Å². The van der Waals surface area contributed by atoms with Crippen LogP contribution in [0.25, 0.3) is 0 Å². The molecule has 1 N–H and O–H groups in total. The number of hydrogen-bond acceptors (Lipinski definition) is 1. The van der Waals surface area contributed by atoms with E-state index >= 15 is 0 Å². The van der Waals surface area contributed by atoms with Gasteiger partial charge in [-0.2, -0.15) is 0 Å². The van der Waals surface area contributed by atoms with Crippen LogP contribution in [-0.2, 0) is 0 Å². The van der Waals surface area contributed by atoms with Crippen LogP contribution in [0.15, 0.2) is 48.5 Å². The number of carbonyl (C=O) groups excluding carboxylic acids is 1. The standard InChI is InChI=1S/C14H10BF2NO/c15-11-7-3-4-8-12(11)18-14(19)10-6-2-1-5-9(10)13(16)17/h1-8,13H,(H,18,19). The first-order valence-corrected chi connectivity index (χ1v) is 5.62. The van der Waals surface area contributed by atoms with Gasteiger partial charge >= 0.3 is 0 Å². The van der Waals surface area contributed by atoms with E-state index < -0.39 is 12.3 Å². The Hall–Kier alpha value is -2.17. The Labute approximate surface area is 110 Å². The van der Waals surface area contributed by atoms with Gasteiger partial charge in [0.2, 0.25) is 0 Å². The zero-order chi connectivity index (χ0) is 13.8. The van der Waals surface area contributed by atoms with E-state index in [0.717, 1.165) is 0 Å². The van der Waals surface area contributed by atoms with Crippen molar-refractivity contribution in [2.75, 3.05) is 5.32 Å². The van der Waals surface area contributed by atoms with Crippen LogP contribution in [0.1, 0.15) is 22.3 Å². The van der Waals surface area contributed by atoms with Crippen LogP contribution >= 0.6 is 0 Å². The van der Waals surface area contributed by atoms with Gasteiger partial charge in [-0.25, -0.2) is 8.78 Å². The number of halogens is 2. The lowest BCUT2D eigenvalue weighted by atomic mass is 9.94. The summed E-state index contributed by atoms with van der Waals surface area (Å²) in [6.45, 7) is 0. The third-order valence-electron chi connectivity index (χ3n) is 2.65. The summed E-state index contributed by atoms with van der Waals surface area (Å²) < 4.78 is 25.6. The molecule has 0 aliphatic rings. The molecule has 0 aliphatic carbocycles. The molecule has 19 heavy (non-hydrogen) atoms. The number of anilines is 1. The van der Waals surface area contributed by atoms with E-state index in [9.17, 15) is 13.6 Å². The lowest BCUT2D eigenvalue weighted by Gasteiger charge is -2.11. The number of para-hydroxylation sites is 1. The van der Waals surface area contributed by atoms with Gasteiger partial charge in [-0.3, -0.25) is 4.79 Å². The fourth-order valence-electron chi connectivity index (χ4n) is 1.69. The van der Waals surface area contributed by atoms with E-state index in [0.29, 0.717) is 11.2 Å². The highest BCUT2D eigenvalue weighted by atomic mass is 19.3. The van der Waals surface area contributed by atoms with E-state index in [-0.39, 0.29) is 11.1 Å². The summed E-state index contributed by atoms with van der Waals surface area (Å²) in [5, 5.41) is 2.52. The second kappa shape index (κ2) is 5.65. The molecule has 2 radical (unpaired) electrons. The van der Waals surface area contributed by atoms with E-state index in [2.05, 4.69) is 5.32 Å². The molecule has 2 aromatic rings. The van der Waals surface area contributed by atoms with E-state index in [4.69, 9.17) is 7.85 Å². The molecular weight excluding hydrogens is 247 g/mol. The Kier molecular flexibility index (Phi) is 3.95. The number of rotatable bonds is 3. The van der Waals surface area contributed by atoms with Gasteiger partial charge in [0.1, 0.15) is 7.85 Å². The maximum atomic E-state index is 12.8. The predicted molar refractivity (Wildman–Crippen MR) is 71.2 cm³/mol. The number of hydrogen-bond donors (Lipinski definition) is 1. The molecule has 1 amide bonds. The summed E-state index contributed by atoms with van der Waals surface area (Å²) in [4.78, 5) is 12.0. The molecule has 2 aromatic carbocycles. The Bertz CT molecular complexity index is 602. The molecule has 94 valence electrons. The molecule has 0 unspecified atom stereocenters. The van der Waals surface area contributed by atoms with E-state index in [1.54, 1.807) is 24.3 Å². The van der Waals surface area contributed by atoms with Crippen LogP contribution in [0.4, 0.5) is 14.5 Å². The fourth-order valence-corrected chi connectivity index (χ4v) is 1.69. The number of alkyl halides is 2. The van der Waals surface area contributed by atoms with Crippen molar-refractivity contribution in [3.8, 4) is 0 Å². The Morgan fingerprint density at radius 3 is 2.37 bits per heavy atom. The first-order valence-electron chi connectivity index (χ1n) is 5.62. The average molecular weight is 257 g/mol. The maximum Gasteiger partial charge on any atom is 0.264 e. The molecule has 0 spiro atoms. The van der Waals surface area contributed by atoms with Crippen molar-refractivity contribution in [1.29, 1.82) is 0 Å². The van der Waals surface area contributed by atoms with Crippen molar-refractivity contribution in [3.63, 3.8) is 0 Å². The summed E-state index contributed by atoms with van der Waals surface area (Å²) in [7, 11) is 5.68. The van der Waals surface area contributed by atoms with Crippen LogP contribution < -0.4 is 10.8 Å². The molecule has 0 bridgehead atoms. The summed E-state index contributed by atoms with van der Waals surface area (Å²) in [5.74, 6) is -0.603. The van der Waals surface area contributed by atoms with Gasteiger partial charge in [-0.05, 0) is 12.1 Å². The minimum Gasteiger partial charge on any atom is -0.323 e. The van der Waals surface area contributed by atoms with Gasteiger partial charge < -0.3 is 5.32 Å². The second-order valence-corrected chi connectivity index (χ2v) is 3.93. The Morgan fingerprint density at radius 1 is 1.05 bits per heavy atom. The first kappa shape index (κ1) is 13.3. The second-order valence-electron chi connectivity index (χ2n) is 3.93. The highest BCUT2D eigenvalue weighted by Gasteiger charge is 2.17. The minimum atomic E-state index is -2.70. The molecular formula is C14H10BF2NO. The third kappa shape index (κ3) is 2.99. The zero-order valence-electron chi connectivity index (χ0n) is 9.94. The lowest BCUT2D eigenvalue weighted by Crippen LogP contribution is -2.19. The van der Waals surface area contributed by atoms with Crippen molar-refractivity contribution in [3.05, 3.63) is 59.7 Å². The normalized spacial score (nSPS) is 10.5. The molecule has 2 rings (SSSR count).